The third-order valence-corrected chi connectivity index (χ3v) is 4.70. The number of aryl methyl sites for hydroxylation is 1. The molecule has 0 bridgehead atoms. The molecule has 1 saturated heterocycles. The summed E-state index contributed by atoms with van der Waals surface area (Å²) in [6.45, 7) is 7.73. The molecule has 2 heterocycles. The lowest BCUT2D eigenvalue weighted by Gasteiger charge is -2.40. The number of benzene rings is 1. The summed E-state index contributed by atoms with van der Waals surface area (Å²) in [5.41, 5.74) is 1.05. The van der Waals surface area contributed by atoms with Crippen molar-refractivity contribution < 1.29 is 9.53 Å². The Labute approximate surface area is 158 Å². The Bertz CT molecular complexity index is 784. The van der Waals surface area contributed by atoms with Crippen LogP contribution < -0.4 is 9.64 Å². The molecule has 0 saturated carbocycles. The van der Waals surface area contributed by atoms with Crippen molar-refractivity contribution in [3.8, 4) is 11.6 Å². The largest absolute Gasteiger partial charge is 0.439 e. The molecule has 0 spiro atoms. The van der Waals surface area contributed by atoms with Crippen LogP contribution in [0.1, 0.15) is 19.4 Å². The lowest BCUT2D eigenvalue weighted by Crippen LogP contribution is -2.55. The van der Waals surface area contributed by atoms with Crippen LogP contribution in [0.15, 0.2) is 36.7 Å². The van der Waals surface area contributed by atoms with Gasteiger partial charge in [0.25, 0.3) is 0 Å². The van der Waals surface area contributed by atoms with Crippen LogP contribution >= 0.6 is 11.6 Å². The number of hydrogen-bond donors (Lipinski definition) is 0. The Balaban J connectivity index is 1.71. The van der Waals surface area contributed by atoms with Gasteiger partial charge in [-0.2, -0.15) is 0 Å². The molecule has 0 aliphatic carbocycles. The summed E-state index contributed by atoms with van der Waals surface area (Å²) < 4.78 is 5.90. The maximum absolute atomic E-state index is 12.2. The summed E-state index contributed by atoms with van der Waals surface area (Å²) in [6, 6.07) is 9.70. The number of carbonyl (C=O) groups is 1. The monoisotopic (exact) mass is 374 g/mol. The van der Waals surface area contributed by atoms with Crippen molar-refractivity contribution >= 4 is 23.3 Å². The normalized spacial score (nSPS) is 18.5. The summed E-state index contributed by atoms with van der Waals surface area (Å²) in [7, 11) is 0. The highest BCUT2D eigenvalue weighted by Crippen LogP contribution is 2.26. The van der Waals surface area contributed by atoms with Crippen molar-refractivity contribution in [3.63, 3.8) is 0 Å². The van der Waals surface area contributed by atoms with Gasteiger partial charge in [-0.1, -0.05) is 18.2 Å². The third kappa shape index (κ3) is 4.07. The molecule has 2 aromatic rings. The molecule has 1 aromatic heterocycles. The average molecular weight is 375 g/mol. The Hall–Kier alpha value is -2.34. The minimum absolute atomic E-state index is 0.0231. The van der Waals surface area contributed by atoms with Gasteiger partial charge < -0.3 is 14.5 Å². The quantitative estimate of drug-likeness (QED) is 0.769. The van der Waals surface area contributed by atoms with Gasteiger partial charge in [-0.25, -0.2) is 9.97 Å². The summed E-state index contributed by atoms with van der Waals surface area (Å²) in [6.07, 6.45) is 1.51. The van der Waals surface area contributed by atoms with Gasteiger partial charge in [0.05, 0.1) is 0 Å². The first-order chi connectivity index (χ1) is 12.5. The molecule has 3 rings (SSSR count). The van der Waals surface area contributed by atoms with E-state index in [1.807, 2.05) is 49.1 Å². The predicted molar refractivity (Wildman–Crippen MR) is 102 cm³/mol. The Kier molecular flexibility index (Phi) is 5.61. The molecular weight excluding hydrogens is 352 g/mol. The number of aromatic nitrogens is 2. The van der Waals surface area contributed by atoms with Gasteiger partial charge in [0.1, 0.15) is 23.3 Å². The first-order valence-electron chi connectivity index (χ1n) is 8.70. The van der Waals surface area contributed by atoms with Crippen LogP contribution in [0.5, 0.6) is 11.6 Å². The van der Waals surface area contributed by atoms with Crippen LogP contribution in [0.4, 0.5) is 5.82 Å². The molecule has 1 amide bonds. The summed E-state index contributed by atoms with van der Waals surface area (Å²) >= 11 is 5.95. The fraction of sp³-hybridized carbons (Fsp3) is 0.421. The van der Waals surface area contributed by atoms with Crippen LogP contribution in [0, 0.1) is 6.92 Å². The zero-order chi connectivity index (χ0) is 18.7. The second-order valence-corrected chi connectivity index (χ2v) is 7.18. The molecule has 2 atom stereocenters. The molecule has 6 nitrogen and oxygen atoms in total. The van der Waals surface area contributed by atoms with E-state index in [-0.39, 0.29) is 11.9 Å². The molecule has 26 heavy (non-hydrogen) atoms. The number of carbonyl (C=O) groups excluding carboxylic acids is 1. The molecule has 7 heteroatoms. The van der Waals surface area contributed by atoms with Crippen molar-refractivity contribution in [2.75, 3.05) is 24.5 Å². The lowest BCUT2D eigenvalue weighted by atomic mass is 10.1. The van der Waals surface area contributed by atoms with Crippen LogP contribution in [-0.2, 0) is 4.79 Å². The zero-order valence-corrected chi connectivity index (χ0v) is 16.0. The van der Waals surface area contributed by atoms with Gasteiger partial charge in [-0.3, -0.25) is 4.79 Å². The molecule has 1 aliphatic rings. The Morgan fingerprint density at radius 1 is 1.31 bits per heavy atom. The van der Waals surface area contributed by atoms with Crippen LogP contribution in [-0.4, -0.2) is 51.8 Å². The topological polar surface area (TPSA) is 58.6 Å². The SMILES string of the molecule is Cc1ccccc1Oc1cc(N2CCN(C(=O)[C@@H](C)Cl)[C@H](C)C2)ncn1. The number of anilines is 1. The maximum atomic E-state index is 12.2. The minimum Gasteiger partial charge on any atom is -0.439 e. The summed E-state index contributed by atoms with van der Waals surface area (Å²) in [4.78, 5) is 24.7. The maximum Gasteiger partial charge on any atom is 0.240 e. The van der Waals surface area contributed by atoms with Crippen molar-refractivity contribution in [1.82, 2.24) is 14.9 Å². The van der Waals surface area contributed by atoms with Gasteiger partial charge in [-0.05, 0) is 32.4 Å². The second-order valence-electron chi connectivity index (χ2n) is 6.52. The fourth-order valence-corrected chi connectivity index (χ4v) is 3.19. The van der Waals surface area contributed by atoms with E-state index in [9.17, 15) is 4.79 Å². The van der Waals surface area contributed by atoms with Gasteiger partial charge >= 0.3 is 0 Å². The van der Waals surface area contributed by atoms with Crippen molar-refractivity contribution in [2.45, 2.75) is 32.2 Å². The Morgan fingerprint density at radius 2 is 2.08 bits per heavy atom. The van der Waals surface area contributed by atoms with E-state index in [0.717, 1.165) is 17.1 Å². The second kappa shape index (κ2) is 7.91. The standard InChI is InChI=1S/C19H23ClN4O2/c1-13-6-4-5-7-16(13)26-18-10-17(21-12-22-18)23-8-9-24(14(2)11-23)19(25)15(3)20/h4-7,10,12,14-15H,8-9,11H2,1-3H3/t14-,15-/m1/s1. The van der Waals surface area contributed by atoms with Crippen LogP contribution in [0.25, 0.3) is 0 Å². The number of ether oxygens (including phenoxy) is 1. The van der Waals surface area contributed by atoms with Gasteiger partial charge in [0.2, 0.25) is 11.8 Å². The highest BCUT2D eigenvalue weighted by molar-refractivity contribution is 6.30. The molecule has 1 aromatic carbocycles. The first-order valence-corrected chi connectivity index (χ1v) is 9.14. The van der Waals surface area contributed by atoms with Crippen molar-refractivity contribution in [2.24, 2.45) is 0 Å². The predicted octanol–water partition coefficient (Wildman–Crippen LogP) is 3.24. The number of halogens is 1. The van der Waals surface area contributed by atoms with E-state index in [2.05, 4.69) is 14.9 Å². The van der Waals surface area contributed by atoms with E-state index in [1.54, 1.807) is 6.92 Å². The van der Waals surface area contributed by atoms with Crippen LogP contribution in [0.3, 0.4) is 0 Å². The van der Waals surface area contributed by atoms with Crippen molar-refractivity contribution in [3.05, 3.63) is 42.2 Å². The van der Waals surface area contributed by atoms with E-state index >= 15 is 0 Å². The number of amides is 1. The number of para-hydroxylation sites is 1. The van der Waals surface area contributed by atoms with Gasteiger partial charge in [0, 0.05) is 31.7 Å². The first kappa shape index (κ1) is 18.5. The highest BCUT2D eigenvalue weighted by Gasteiger charge is 2.30. The average Bonchev–Trinajstić information content (AvgIpc) is 2.63. The highest BCUT2D eigenvalue weighted by atomic mass is 35.5. The lowest BCUT2D eigenvalue weighted by molar-refractivity contribution is -0.132. The van der Waals surface area contributed by atoms with Gasteiger partial charge in [0.15, 0.2) is 0 Å². The molecule has 1 fully saturated rings. The smallest absolute Gasteiger partial charge is 0.240 e. The molecular formula is C19H23ClN4O2. The molecule has 138 valence electrons. The number of alkyl halides is 1. The molecule has 0 N–H and O–H groups in total. The summed E-state index contributed by atoms with van der Waals surface area (Å²) in [5, 5.41) is -0.503. The van der Waals surface area contributed by atoms with E-state index in [0.29, 0.717) is 25.5 Å². The number of piperazine rings is 1. The van der Waals surface area contributed by atoms with Crippen LogP contribution in [0.2, 0.25) is 0 Å². The fourth-order valence-electron chi connectivity index (χ4n) is 3.06. The zero-order valence-electron chi connectivity index (χ0n) is 15.2. The molecule has 0 radical (unpaired) electrons. The Morgan fingerprint density at radius 3 is 2.77 bits per heavy atom. The third-order valence-electron chi connectivity index (χ3n) is 4.51. The number of hydrogen-bond acceptors (Lipinski definition) is 5. The number of rotatable bonds is 4. The molecule has 0 unspecified atom stereocenters. The van der Waals surface area contributed by atoms with E-state index < -0.39 is 5.38 Å². The van der Waals surface area contributed by atoms with Crippen molar-refractivity contribution in [1.29, 1.82) is 0 Å². The summed E-state index contributed by atoms with van der Waals surface area (Å²) in [5.74, 6) is 2.05. The minimum atomic E-state index is -0.503. The van der Waals surface area contributed by atoms with Gasteiger partial charge in [-0.15, -0.1) is 11.6 Å². The van der Waals surface area contributed by atoms with E-state index in [1.165, 1.54) is 6.33 Å². The molecule has 1 aliphatic heterocycles. The number of nitrogens with zero attached hydrogens (tertiary/aromatic N) is 4. The van der Waals surface area contributed by atoms with E-state index in [4.69, 9.17) is 16.3 Å².